The molecule has 0 saturated carbocycles. The normalized spacial score (nSPS) is 12.1. The average Bonchev–Trinajstić information content (AvgIpc) is 2.04. The minimum absolute atomic E-state index is 0.319. The van der Waals surface area contributed by atoms with Crippen molar-refractivity contribution in [3.63, 3.8) is 0 Å². The van der Waals surface area contributed by atoms with E-state index in [-0.39, 0.29) is 0 Å². The SMILES string of the molecule is C#CC(C)Cc1cccc(Br)c1. The molecule has 0 aromatic heterocycles. The molecule has 0 heterocycles. The van der Waals surface area contributed by atoms with Gasteiger partial charge in [0.2, 0.25) is 0 Å². The van der Waals surface area contributed by atoms with Gasteiger partial charge < -0.3 is 0 Å². The van der Waals surface area contributed by atoms with Gasteiger partial charge in [0.25, 0.3) is 0 Å². The zero-order chi connectivity index (χ0) is 8.97. The second-order valence-electron chi connectivity index (χ2n) is 2.90. The fourth-order valence-electron chi connectivity index (χ4n) is 1.08. The van der Waals surface area contributed by atoms with Gasteiger partial charge in [0.15, 0.2) is 0 Å². The van der Waals surface area contributed by atoms with Crippen molar-refractivity contribution in [3.05, 3.63) is 34.3 Å². The van der Waals surface area contributed by atoms with Gasteiger partial charge in [-0.3, -0.25) is 0 Å². The van der Waals surface area contributed by atoms with Crippen LogP contribution in [0.5, 0.6) is 0 Å². The summed E-state index contributed by atoms with van der Waals surface area (Å²) in [5.74, 6) is 3.04. The molecule has 0 radical (unpaired) electrons. The van der Waals surface area contributed by atoms with Crippen molar-refractivity contribution in [2.75, 3.05) is 0 Å². The molecule has 0 fully saturated rings. The van der Waals surface area contributed by atoms with Crippen molar-refractivity contribution in [1.82, 2.24) is 0 Å². The first-order valence-electron chi connectivity index (χ1n) is 3.93. The van der Waals surface area contributed by atoms with E-state index in [9.17, 15) is 0 Å². The molecule has 62 valence electrons. The number of rotatable bonds is 2. The summed E-state index contributed by atoms with van der Waals surface area (Å²) in [4.78, 5) is 0. The Labute approximate surface area is 82.1 Å². The topological polar surface area (TPSA) is 0 Å². The monoisotopic (exact) mass is 222 g/mol. The van der Waals surface area contributed by atoms with E-state index >= 15 is 0 Å². The molecule has 0 spiro atoms. The Morgan fingerprint density at radius 3 is 2.92 bits per heavy atom. The fraction of sp³-hybridized carbons (Fsp3) is 0.273. The summed E-state index contributed by atoms with van der Waals surface area (Å²) in [5.41, 5.74) is 1.29. The highest BCUT2D eigenvalue weighted by molar-refractivity contribution is 9.10. The predicted octanol–water partition coefficient (Wildman–Crippen LogP) is 3.26. The van der Waals surface area contributed by atoms with E-state index < -0.39 is 0 Å². The summed E-state index contributed by atoms with van der Waals surface area (Å²) in [7, 11) is 0. The highest BCUT2D eigenvalue weighted by atomic mass is 79.9. The van der Waals surface area contributed by atoms with Crippen LogP contribution in [0.4, 0.5) is 0 Å². The fourth-order valence-corrected chi connectivity index (χ4v) is 1.52. The molecule has 0 amide bonds. The second kappa shape index (κ2) is 4.33. The van der Waals surface area contributed by atoms with Gasteiger partial charge in [-0.25, -0.2) is 0 Å². The molecular weight excluding hydrogens is 212 g/mol. The number of hydrogen-bond acceptors (Lipinski definition) is 0. The average molecular weight is 223 g/mol. The van der Waals surface area contributed by atoms with Gasteiger partial charge in [-0.15, -0.1) is 12.3 Å². The second-order valence-corrected chi connectivity index (χ2v) is 3.82. The summed E-state index contributed by atoms with van der Waals surface area (Å²) in [6.07, 6.45) is 6.25. The molecule has 0 bridgehead atoms. The van der Waals surface area contributed by atoms with Crippen LogP contribution in [0.15, 0.2) is 28.7 Å². The van der Waals surface area contributed by atoms with E-state index in [4.69, 9.17) is 6.42 Å². The minimum atomic E-state index is 0.319. The molecule has 1 heteroatoms. The molecule has 0 saturated heterocycles. The number of benzene rings is 1. The van der Waals surface area contributed by atoms with Gasteiger partial charge in [-0.2, -0.15) is 0 Å². The maximum Gasteiger partial charge on any atom is 0.0212 e. The van der Waals surface area contributed by atoms with Crippen molar-refractivity contribution < 1.29 is 0 Å². The van der Waals surface area contributed by atoms with E-state index in [1.165, 1.54) is 5.56 Å². The smallest absolute Gasteiger partial charge is 0.0212 e. The van der Waals surface area contributed by atoms with Gasteiger partial charge in [0.05, 0.1) is 0 Å². The zero-order valence-corrected chi connectivity index (χ0v) is 8.64. The third-order valence-electron chi connectivity index (χ3n) is 1.72. The third-order valence-corrected chi connectivity index (χ3v) is 2.21. The largest absolute Gasteiger partial charge is 0.120 e. The molecular formula is C11H11Br. The van der Waals surface area contributed by atoms with Crippen LogP contribution in [-0.2, 0) is 6.42 Å². The first-order chi connectivity index (χ1) is 5.72. The molecule has 0 aliphatic rings. The number of halogens is 1. The summed E-state index contributed by atoms with van der Waals surface area (Å²) < 4.78 is 1.12. The van der Waals surface area contributed by atoms with Crippen LogP contribution in [0, 0.1) is 18.3 Å². The highest BCUT2D eigenvalue weighted by Crippen LogP contribution is 2.14. The van der Waals surface area contributed by atoms with E-state index in [0.717, 1.165) is 10.9 Å². The lowest BCUT2D eigenvalue weighted by Crippen LogP contribution is -1.95. The lowest BCUT2D eigenvalue weighted by Gasteiger charge is -2.03. The Hall–Kier alpha value is -0.740. The minimum Gasteiger partial charge on any atom is -0.120 e. The molecule has 12 heavy (non-hydrogen) atoms. The van der Waals surface area contributed by atoms with Crippen LogP contribution >= 0.6 is 15.9 Å². The van der Waals surface area contributed by atoms with Crippen LogP contribution in [0.2, 0.25) is 0 Å². The maximum atomic E-state index is 5.30. The van der Waals surface area contributed by atoms with Gasteiger partial charge in [-0.1, -0.05) is 35.0 Å². The molecule has 1 aromatic rings. The molecule has 0 aliphatic heterocycles. The first kappa shape index (κ1) is 9.35. The van der Waals surface area contributed by atoms with Crippen molar-refractivity contribution in [2.24, 2.45) is 5.92 Å². The molecule has 1 atom stereocenters. The van der Waals surface area contributed by atoms with E-state index in [1.54, 1.807) is 0 Å². The molecule has 1 rings (SSSR count). The quantitative estimate of drug-likeness (QED) is 0.675. The Bertz CT molecular complexity index is 296. The first-order valence-corrected chi connectivity index (χ1v) is 4.72. The summed E-state index contributed by atoms with van der Waals surface area (Å²) in [5, 5.41) is 0. The Morgan fingerprint density at radius 2 is 2.33 bits per heavy atom. The molecule has 0 N–H and O–H groups in total. The lowest BCUT2D eigenvalue weighted by atomic mass is 10.0. The lowest BCUT2D eigenvalue weighted by molar-refractivity contribution is 0.751. The number of hydrogen-bond donors (Lipinski definition) is 0. The van der Waals surface area contributed by atoms with Gasteiger partial charge in [-0.05, 0) is 24.1 Å². The Morgan fingerprint density at radius 1 is 1.58 bits per heavy atom. The highest BCUT2D eigenvalue weighted by Gasteiger charge is 1.99. The summed E-state index contributed by atoms with van der Waals surface area (Å²) in [6, 6.07) is 8.25. The third kappa shape index (κ3) is 2.71. The van der Waals surface area contributed by atoms with Crippen molar-refractivity contribution in [1.29, 1.82) is 0 Å². The zero-order valence-electron chi connectivity index (χ0n) is 7.05. The van der Waals surface area contributed by atoms with Crippen LogP contribution < -0.4 is 0 Å². The van der Waals surface area contributed by atoms with Gasteiger partial charge in [0, 0.05) is 10.4 Å². The molecule has 1 unspecified atom stereocenters. The Balaban J connectivity index is 2.71. The van der Waals surface area contributed by atoms with Gasteiger partial charge in [0.1, 0.15) is 0 Å². The standard InChI is InChI=1S/C11H11Br/c1-3-9(2)7-10-5-4-6-11(12)8-10/h1,4-6,8-9H,7H2,2H3. The van der Waals surface area contributed by atoms with Crippen molar-refractivity contribution in [3.8, 4) is 12.3 Å². The van der Waals surface area contributed by atoms with E-state index in [0.29, 0.717) is 5.92 Å². The van der Waals surface area contributed by atoms with Crippen molar-refractivity contribution >= 4 is 15.9 Å². The van der Waals surface area contributed by atoms with Crippen LogP contribution in [0.25, 0.3) is 0 Å². The molecule has 1 aromatic carbocycles. The molecule has 0 nitrogen and oxygen atoms in total. The van der Waals surface area contributed by atoms with Crippen molar-refractivity contribution in [2.45, 2.75) is 13.3 Å². The van der Waals surface area contributed by atoms with E-state index in [2.05, 4.69) is 40.9 Å². The Kier molecular flexibility index (Phi) is 3.37. The van der Waals surface area contributed by atoms with Crippen LogP contribution in [0.3, 0.4) is 0 Å². The molecule has 0 aliphatic carbocycles. The van der Waals surface area contributed by atoms with Crippen LogP contribution in [-0.4, -0.2) is 0 Å². The van der Waals surface area contributed by atoms with Gasteiger partial charge >= 0.3 is 0 Å². The number of terminal acetylenes is 1. The van der Waals surface area contributed by atoms with E-state index in [1.807, 2.05) is 12.1 Å². The van der Waals surface area contributed by atoms with Crippen LogP contribution in [0.1, 0.15) is 12.5 Å². The maximum absolute atomic E-state index is 5.30. The predicted molar refractivity (Wildman–Crippen MR) is 55.8 cm³/mol. The summed E-state index contributed by atoms with van der Waals surface area (Å²) >= 11 is 3.42. The summed E-state index contributed by atoms with van der Waals surface area (Å²) in [6.45, 7) is 2.06.